The number of nitrogens with zero attached hydrogens (tertiary/aromatic N) is 4. The summed E-state index contributed by atoms with van der Waals surface area (Å²) in [4.78, 5) is 27.3. The molecule has 1 spiro atoms. The van der Waals surface area contributed by atoms with E-state index in [0.717, 1.165) is 50.4 Å². The highest BCUT2D eigenvalue weighted by Gasteiger charge is 2.45. The van der Waals surface area contributed by atoms with Crippen LogP contribution in [0.25, 0.3) is 0 Å². The molecule has 2 saturated heterocycles. The number of piperidine rings is 1. The number of rotatable bonds is 6. The number of morpholine rings is 1. The van der Waals surface area contributed by atoms with Gasteiger partial charge in [0.05, 0.1) is 30.2 Å². The predicted molar refractivity (Wildman–Crippen MR) is 140 cm³/mol. The van der Waals surface area contributed by atoms with Crippen LogP contribution in [0.2, 0.25) is 0 Å². The van der Waals surface area contributed by atoms with Gasteiger partial charge in [0.2, 0.25) is 0 Å². The molecule has 3 aliphatic rings. The number of pyridine rings is 2. The maximum atomic E-state index is 13.5. The topological polar surface area (TPSA) is 111 Å². The van der Waals surface area contributed by atoms with E-state index in [4.69, 9.17) is 14.7 Å². The van der Waals surface area contributed by atoms with Gasteiger partial charge < -0.3 is 19.9 Å². The average Bonchev–Trinajstić information content (AvgIpc) is 3.57. The lowest BCUT2D eigenvalue weighted by atomic mass is 9.93. The number of hydrogen-bond donors (Lipinski definition) is 3. The molecule has 9 nitrogen and oxygen atoms in total. The van der Waals surface area contributed by atoms with Crippen LogP contribution in [0.5, 0.6) is 0 Å². The van der Waals surface area contributed by atoms with Crippen LogP contribution in [-0.4, -0.2) is 70.6 Å². The Labute approximate surface area is 208 Å². The van der Waals surface area contributed by atoms with Crippen molar-refractivity contribution in [1.82, 2.24) is 9.97 Å². The summed E-state index contributed by atoms with van der Waals surface area (Å²) in [5.41, 5.74) is 2.57. The minimum Gasteiger partial charge on any atom is -0.378 e. The number of ether oxygens (including phenoxy) is 1. The predicted octanol–water partition coefficient (Wildman–Crippen LogP) is 4.13. The summed E-state index contributed by atoms with van der Waals surface area (Å²) in [5.74, 6) is 1.75. The van der Waals surface area contributed by atoms with Crippen LogP contribution in [0.15, 0.2) is 24.3 Å². The first-order valence-electron chi connectivity index (χ1n) is 12.3. The van der Waals surface area contributed by atoms with E-state index in [2.05, 4.69) is 15.1 Å². The summed E-state index contributed by atoms with van der Waals surface area (Å²) in [6.07, 6.45) is 6.21. The fourth-order valence-electron chi connectivity index (χ4n) is 4.99. The quantitative estimate of drug-likeness (QED) is 0.542. The molecule has 4 heterocycles. The highest BCUT2D eigenvalue weighted by Crippen LogP contribution is 2.54. The number of anilines is 3. The molecule has 0 aromatic carbocycles. The first-order chi connectivity index (χ1) is 16.7. The largest absolute Gasteiger partial charge is 0.378 e. The van der Waals surface area contributed by atoms with E-state index >= 15 is 0 Å². The number of aromatic nitrogens is 2. The lowest BCUT2D eigenvalue weighted by molar-refractivity contribution is 0.102. The number of carbonyl (C=O) groups excluding carboxylic acids is 1. The molecule has 5 rings (SSSR count). The number of aryl methyl sites for hydroxylation is 1. The molecule has 0 bridgehead atoms. The summed E-state index contributed by atoms with van der Waals surface area (Å²) < 4.78 is 25.4. The molecular formula is C25H35N5O4S. The van der Waals surface area contributed by atoms with Crippen LogP contribution in [-0.2, 0) is 10.5 Å². The highest BCUT2D eigenvalue weighted by atomic mass is 32.3. The van der Waals surface area contributed by atoms with E-state index in [1.54, 1.807) is 12.1 Å². The van der Waals surface area contributed by atoms with Gasteiger partial charge in [-0.2, -0.15) is 10.6 Å². The Hall–Kier alpha value is -2.40. The maximum absolute atomic E-state index is 13.5. The third kappa shape index (κ3) is 5.88. The Bertz CT molecular complexity index is 1090. The lowest BCUT2D eigenvalue weighted by Crippen LogP contribution is -2.37. The van der Waals surface area contributed by atoms with Gasteiger partial charge in [-0.3, -0.25) is 13.9 Å². The number of carbonyl (C=O) groups is 1. The summed E-state index contributed by atoms with van der Waals surface area (Å²) in [5, 5.41) is 2.99. The minimum atomic E-state index is -2.74. The van der Waals surface area contributed by atoms with E-state index < -0.39 is 10.6 Å². The summed E-state index contributed by atoms with van der Waals surface area (Å²) in [6.45, 7) is 6.56. The summed E-state index contributed by atoms with van der Waals surface area (Å²) >= 11 is 0. The maximum Gasteiger partial charge on any atom is 0.260 e. The third-order valence-corrected chi connectivity index (χ3v) is 8.05. The molecule has 2 aromatic rings. The molecular weight excluding hydrogens is 466 g/mol. The minimum absolute atomic E-state index is 0.0714. The second kappa shape index (κ2) is 9.57. The molecule has 3 N–H and O–H groups in total. The zero-order chi connectivity index (χ0) is 24.6. The number of hydrogen-bond acceptors (Lipinski definition) is 8. The Morgan fingerprint density at radius 1 is 1.06 bits per heavy atom. The fourth-order valence-corrected chi connectivity index (χ4v) is 5.71. The van der Waals surface area contributed by atoms with Crippen molar-refractivity contribution in [2.75, 3.05) is 60.8 Å². The van der Waals surface area contributed by atoms with E-state index in [1.807, 2.05) is 19.1 Å². The Morgan fingerprint density at radius 3 is 2.43 bits per heavy atom. The SMILES string of the molecule is Cc1cc(NC(=O)c2ccc(CS(C)(O)O)nc2N2CCC3(CC2)CC3)nc(N2CCOCC2)c1. The van der Waals surface area contributed by atoms with Crippen molar-refractivity contribution in [2.45, 2.75) is 38.4 Å². The van der Waals surface area contributed by atoms with Gasteiger partial charge >= 0.3 is 0 Å². The molecule has 3 fully saturated rings. The van der Waals surface area contributed by atoms with Crippen molar-refractivity contribution >= 4 is 34.0 Å². The van der Waals surface area contributed by atoms with Gasteiger partial charge in [-0.15, -0.1) is 0 Å². The standard InChI is InChI=1S/C25H35N5O4S/c1-18-15-21(27-22(16-18)29-11-13-34-14-12-29)28-24(31)20-4-3-19(17-35(2,32)33)26-23(20)30-9-7-25(5-6-25)8-10-30/h3-4,15-16,32-33H,5-14,17H2,1-2H3,(H,27,28,31). The second-order valence-corrected chi connectivity index (χ2v) is 12.5. The first-order valence-corrected chi connectivity index (χ1v) is 14.4. The van der Waals surface area contributed by atoms with E-state index in [9.17, 15) is 13.9 Å². The average molecular weight is 502 g/mol. The molecule has 10 heteroatoms. The van der Waals surface area contributed by atoms with Crippen LogP contribution in [0.4, 0.5) is 17.5 Å². The smallest absolute Gasteiger partial charge is 0.260 e. The Balaban J connectivity index is 1.40. The Kier molecular flexibility index (Phi) is 6.65. The number of amides is 1. The van der Waals surface area contributed by atoms with Gasteiger partial charge in [0.15, 0.2) is 0 Å². The molecule has 190 valence electrons. The molecule has 35 heavy (non-hydrogen) atoms. The van der Waals surface area contributed by atoms with Crippen molar-refractivity contribution in [3.05, 3.63) is 41.1 Å². The van der Waals surface area contributed by atoms with Gasteiger partial charge in [-0.05, 0) is 67.9 Å². The van der Waals surface area contributed by atoms with Crippen LogP contribution in [0, 0.1) is 12.3 Å². The molecule has 1 amide bonds. The zero-order valence-corrected chi connectivity index (χ0v) is 21.3. The molecule has 1 saturated carbocycles. The fraction of sp³-hybridized carbons (Fsp3) is 0.560. The van der Waals surface area contributed by atoms with Crippen LogP contribution < -0.4 is 15.1 Å². The summed E-state index contributed by atoms with van der Waals surface area (Å²) in [6, 6.07) is 7.35. The molecule has 0 atom stereocenters. The summed E-state index contributed by atoms with van der Waals surface area (Å²) in [7, 11) is -2.74. The van der Waals surface area contributed by atoms with Crippen LogP contribution in [0.3, 0.4) is 0 Å². The Morgan fingerprint density at radius 2 is 1.77 bits per heavy atom. The molecule has 2 aromatic heterocycles. The van der Waals surface area contributed by atoms with Crippen LogP contribution in [0.1, 0.15) is 47.3 Å². The second-order valence-electron chi connectivity index (χ2n) is 10.2. The molecule has 1 aliphatic carbocycles. The van der Waals surface area contributed by atoms with Gasteiger partial charge in [0, 0.05) is 32.4 Å². The monoisotopic (exact) mass is 501 g/mol. The van der Waals surface area contributed by atoms with Gasteiger partial charge in [-0.25, -0.2) is 9.97 Å². The van der Waals surface area contributed by atoms with Crippen molar-refractivity contribution in [1.29, 1.82) is 0 Å². The highest BCUT2D eigenvalue weighted by molar-refractivity contribution is 8.23. The van der Waals surface area contributed by atoms with Gasteiger partial charge in [-0.1, -0.05) is 0 Å². The molecule has 0 unspecified atom stereocenters. The van der Waals surface area contributed by atoms with E-state index in [0.29, 0.717) is 41.5 Å². The van der Waals surface area contributed by atoms with Gasteiger partial charge in [0.25, 0.3) is 5.91 Å². The zero-order valence-electron chi connectivity index (χ0n) is 20.5. The van der Waals surface area contributed by atoms with Crippen molar-refractivity contribution < 1.29 is 18.6 Å². The van der Waals surface area contributed by atoms with E-state index in [1.165, 1.54) is 19.1 Å². The molecule has 0 radical (unpaired) electrons. The first kappa shape index (κ1) is 24.3. The van der Waals surface area contributed by atoms with Crippen molar-refractivity contribution in [3.8, 4) is 0 Å². The normalized spacial score (nSPS) is 20.1. The number of nitrogens with one attached hydrogen (secondary N) is 1. The molecule has 2 aliphatic heterocycles. The van der Waals surface area contributed by atoms with Crippen LogP contribution >= 0.6 is 10.6 Å². The van der Waals surface area contributed by atoms with Crippen molar-refractivity contribution in [2.24, 2.45) is 5.41 Å². The van der Waals surface area contributed by atoms with Gasteiger partial charge in [0.1, 0.15) is 17.5 Å². The lowest BCUT2D eigenvalue weighted by Gasteiger charge is -2.34. The van der Waals surface area contributed by atoms with E-state index in [-0.39, 0.29) is 11.7 Å². The van der Waals surface area contributed by atoms with Crippen molar-refractivity contribution in [3.63, 3.8) is 0 Å². The third-order valence-electron chi connectivity index (χ3n) is 7.21.